The lowest BCUT2D eigenvalue weighted by Crippen LogP contribution is -2.18. The molecule has 0 fully saturated rings. The fourth-order valence-corrected chi connectivity index (χ4v) is 1.72. The molecule has 22 heavy (non-hydrogen) atoms. The molecule has 0 amide bonds. The topological polar surface area (TPSA) is 78.7 Å². The lowest BCUT2D eigenvalue weighted by molar-refractivity contribution is -0.385. The van der Waals surface area contributed by atoms with E-state index in [4.69, 9.17) is 9.47 Å². The van der Waals surface area contributed by atoms with E-state index in [1.165, 1.54) is 0 Å². The summed E-state index contributed by atoms with van der Waals surface area (Å²) in [5.74, 6) is -1.60. The summed E-state index contributed by atoms with van der Waals surface area (Å²) in [5, 5.41) is 10.8. The Balaban J connectivity index is 2.03. The highest BCUT2D eigenvalue weighted by Crippen LogP contribution is 2.27. The third-order valence-corrected chi connectivity index (χ3v) is 2.69. The average molecular weight is 305 g/mol. The Labute approximate surface area is 125 Å². The van der Waals surface area contributed by atoms with Crippen molar-refractivity contribution in [2.45, 2.75) is 6.92 Å². The maximum Gasteiger partial charge on any atom is 0.349 e. The monoisotopic (exact) mass is 305 g/mol. The first-order chi connectivity index (χ1) is 10.5. The molecule has 6 nitrogen and oxygen atoms in total. The second-order valence-electron chi connectivity index (χ2n) is 4.45. The normalized spacial score (nSPS) is 10.1. The highest BCUT2D eigenvalue weighted by Gasteiger charge is 2.19. The third-order valence-electron chi connectivity index (χ3n) is 2.69. The molecule has 0 bridgehead atoms. The van der Waals surface area contributed by atoms with E-state index in [0.29, 0.717) is 5.75 Å². The van der Waals surface area contributed by atoms with E-state index in [9.17, 15) is 19.3 Å². The molecular weight excluding hydrogens is 293 g/mol. The van der Waals surface area contributed by atoms with Crippen molar-refractivity contribution in [2.24, 2.45) is 0 Å². The fourth-order valence-electron chi connectivity index (χ4n) is 1.72. The highest BCUT2D eigenvalue weighted by atomic mass is 19.1. The number of benzene rings is 2. The largest absolute Gasteiger partial charge is 0.482 e. The van der Waals surface area contributed by atoms with Gasteiger partial charge in [0, 0.05) is 12.1 Å². The molecule has 0 aromatic heterocycles. The summed E-state index contributed by atoms with van der Waals surface area (Å²) < 4.78 is 23.1. The van der Waals surface area contributed by atoms with Gasteiger partial charge in [0.2, 0.25) is 5.75 Å². The number of rotatable bonds is 5. The molecule has 0 saturated heterocycles. The van der Waals surface area contributed by atoms with Gasteiger partial charge in [-0.2, -0.15) is 0 Å². The first-order valence-corrected chi connectivity index (χ1v) is 6.30. The van der Waals surface area contributed by atoms with Crippen LogP contribution < -0.4 is 9.47 Å². The minimum Gasteiger partial charge on any atom is -0.482 e. The summed E-state index contributed by atoms with van der Waals surface area (Å²) in [5.41, 5.74) is 0.456. The van der Waals surface area contributed by atoms with Crippen molar-refractivity contribution in [1.29, 1.82) is 0 Å². The zero-order valence-corrected chi connectivity index (χ0v) is 11.6. The number of nitro groups is 1. The Morgan fingerprint density at radius 3 is 2.73 bits per heavy atom. The number of aryl methyl sites for hydroxylation is 1. The van der Waals surface area contributed by atoms with Crippen LogP contribution in [0.25, 0.3) is 0 Å². The number of carbonyl (C=O) groups is 1. The Kier molecular flexibility index (Phi) is 4.67. The fraction of sp³-hybridized carbons (Fsp3) is 0.133. The minimum absolute atomic E-state index is 0.447. The number of hydrogen-bond acceptors (Lipinski definition) is 5. The van der Waals surface area contributed by atoms with Gasteiger partial charge in [-0.3, -0.25) is 10.1 Å². The van der Waals surface area contributed by atoms with Crippen molar-refractivity contribution in [3.05, 3.63) is 64.0 Å². The van der Waals surface area contributed by atoms with Gasteiger partial charge in [0.15, 0.2) is 6.61 Å². The van der Waals surface area contributed by atoms with Crippen molar-refractivity contribution in [2.75, 3.05) is 6.61 Å². The summed E-state index contributed by atoms with van der Waals surface area (Å²) in [4.78, 5) is 21.7. The third kappa shape index (κ3) is 4.02. The van der Waals surface area contributed by atoms with Crippen LogP contribution in [-0.4, -0.2) is 17.5 Å². The van der Waals surface area contributed by atoms with Gasteiger partial charge in [-0.05, 0) is 30.7 Å². The van der Waals surface area contributed by atoms with Crippen LogP contribution in [0, 0.1) is 22.9 Å². The van der Waals surface area contributed by atoms with Crippen molar-refractivity contribution < 1.29 is 23.6 Å². The second kappa shape index (κ2) is 6.66. The minimum atomic E-state index is -0.866. The summed E-state index contributed by atoms with van der Waals surface area (Å²) in [6.45, 7) is 1.42. The van der Waals surface area contributed by atoms with E-state index >= 15 is 0 Å². The standard InChI is InChI=1S/C15H12FNO5/c1-10-3-2-4-12(7-10)21-9-15(18)22-14-8-11(16)5-6-13(14)17(19)20/h2-8H,9H2,1H3. The van der Waals surface area contributed by atoms with Gasteiger partial charge in [-0.25, -0.2) is 9.18 Å². The zero-order valence-electron chi connectivity index (χ0n) is 11.6. The highest BCUT2D eigenvalue weighted by molar-refractivity contribution is 5.75. The number of esters is 1. The van der Waals surface area contributed by atoms with E-state index in [0.717, 1.165) is 23.8 Å². The molecule has 0 aliphatic rings. The lowest BCUT2D eigenvalue weighted by Gasteiger charge is -2.07. The molecule has 114 valence electrons. The van der Waals surface area contributed by atoms with E-state index in [1.54, 1.807) is 18.2 Å². The summed E-state index contributed by atoms with van der Waals surface area (Å²) in [6, 6.07) is 9.62. The van der Waals surface area contributed by atoms with Gasteiger partial charge in [0.1, 0.15) is 11.6 Å². The second-order valence-corrected chi connectivity index (χ2v) is 4.45. The number of nitrogens with zero attached hydrogens (tertiary/aromatic N) is 1. The molecular formula is C15H12FNO5. The van der Waals surface area contributed by atoms with Crippen LogP contribution in [0.1, 0.15) is 5.56 Å². The van der Waals surface area contributed by atoms with Crippen molar-refractivity contribution in [1.82, 2.24) is 0 Å². The average Bonchev–Trinajstić information content (AvgIpc) is 2.45. The molecule has 0 unspecified atom stereocenters. The van der Waals surface area contributed by atoms with Crippen LogP contribution in [0.2, 0.25) is 0 Å². The van der Waals surface area contributed by atoms with Crippen LogP contribution in [0.5, 0.6) is 11.5 Å². The predicted octanol–water partition coefficient (Wildman–Crippen LogP) is 3.03. The van der Waals surface area contributed by atoms with Gasteiger partial charge in [-0.1, -0.05) is 12.1 Å². The SMILES string of the molecule is Cc1cccc(OCC(=O)Oc2cc(F)ccc2[N+](=O)[O-])c1. The molecule has 0 aliphatic carbocycles. The van der Waals surface area contributed by atoms with Crippen molar-refractivity contribution >= 4 is 11.7 Å². The van der Waals surface area contributed by atoms with E-state index < -0.39 is 34.8 Å². The van der Waals surface area contributed by atoms with Gasteiger partial charge < -0.3 is 9.47 Å². The number of hydrogen-bond donors (Lipinski definition) is 0. The summed E-state index contributed by atoms with van der Waals surface area (Å²) >= 11 is 0. The van der Waals surface area contributed by atoms with Crippen LogP contribution in [-0.2, 0) is 4.79 Å². The molecule has 0 atom stereocenters. The first kappa shape index (κ1) is 15.4. The molecule has 0 radical (unpaired) electrons. The van der Waals surface area contributed by atoms with Crippen molar-refractivity contribution in [3.63, 3.8) is 0 Å². The lowest BCUT2D eigenvalue weighted by atomic mass is 10.2. The van der Waals surface area contributed by atoms with Gasteiger partial charge >= 0.3 is 11.7 Å². The number of ether oxygens (including phenoxy) is 2. The molecule has 0 N–H and O–H groups in total. The molecule has 2 rings (SSSR count). The Morgan fingerprint density at radius 2 is 2.05 bits per heavy atom. The Bertz CT molecular complexity index is 717. The van der Waals surface area contributed by atoms with E-state index in [2.05, 4.69) is 0 Å². The molecule has 0 aliphatic heterocycles. The Morgan fingerprint density at radius 1 is 1.27 bits per heavy atom. The Hall–Kier alpha value is -2.96. The maximum atomic E-state index is 13.1. The maximum absolute atomic E-state index is 13.1. The van der Waals surface area contributed by atoms with Crippen LogP contribution in [0.3, 0.4) is 0 Å². The first-order valence-electron chi connectivity index (χ1n) is 6.30. The number of nitro benzene ring substituents is 1. The van der Waals surface area contributed by atoms with Crippen LogP contribution in [0.15, 0.2) is 42.5 Å². The van der Waals surface area contributed by atoms with E-state index in [-0.39, 0.29) is 0 Å². The molecule has 0 spiro atoms. The van der Waals surface area contributed by atoms with E-state index in [1.807, 2.05) is 13.0 Å². The van der Waals surface area contributed by atoms with Gasteiger partial charge in [0.25, 0.3) is 0 Å². The van der Waals surface area contributed by atoms with Crippen molar-refractivity contribution in [3.8, 4) is 11.5 Å². The zero-order chi connectivity index (χ0) is 16.1. The number of carbonyl (C=O) groups excluding carboxylic acids is 1. The van der Waals surface area contributed by atoms with Crippen LogP contribution >= 0.6 is 0 Å². The molecule has 2 aromatic rings. The predicted molar refractivity (Wildman–Crippen MR) is 75.4 cm³/mol. The van der Waals surface area contributed by atoms with Crippen LogP contribution in [0.4, 0.5) is 10.1 Å². The number of halogens is 1. The van der Waals surface area contributed by atoms with Gasteiger partial charge in [-0.15, -0.1) is 0 Å². The molecule has 0 saturated carbocycles. The smallest absolute Gasteiger partial charge is 0.349 e. The molecule has 0 heterocycles. The summed E-state index contributed by atoms with van der Waals surface area (Å²) in [6.07, 6.45) is 0. The molecule has 2 aromatic carbocycles. The quantitative estimate of drug-likeness (QED) is 0.367. The molecule has 7 heteroatoms. The summed E-state index contributed by atoms with van der Waals surface area (Å²) in [7, 11) is 0. The van der Waals surface area contributed by atoms with Gasteiger partial charge in [0.05, 0.1) is 4.92 Å².